The Hall–Kier alpha value is -2.11. The zero-order valence-electron chi connectivity index (χ0n) is 26.8. The van der Waals surface area contributed by atoms with Crippen LogP contribution in [0.2, 0.25) is 0 Å². The van der Waals surface area contributed by atoms with E-state index in [0.29, 0.717) is 19.6 Å². The quantitative estimate of drug-likeness (QED) is 0.186. The van der Waals surface area contributed by atoms with Gasteiger partial charge in [0.25, 0.3) is 0 Å². The summed E-state index contributed by atoms with van der Waals surface area (Å²) in [6.07, 6.45) is 7.73. The number of sulfone groups is 1. The first-order valence-electron chi connectivity index (χ1n) is 16.3. The third-order valence-electron chi connectivity index (χ3n) is 9.59. The Bertz CT molecular complexity index is 1260. The Labute approximate surface area is 269 Å². The molecule has 4 rings (SSSR count). The predicted octanol–water partition coefficient (Wildman–Crippen LogP) is 5.22. The second-order valence-corrected chi connectivity index (χ2v) is 15.0. The van der Waals surface area contributed by atoms with Crippen molar-refractivity contribution in [3.05, 3.63) is 79.4 Å². The van der Waals surface area contributed by atoms with Gasteiger partial charge in [-0.25, -0.2) is 8.42 Å². The summed E-state index contributed by atoms with van der Waals surface area (Å²) in [5.74, 6) is -0.268. The summed E-state index contributed by atoms with van der Waals surface area (Å²) in [6.45, 7) is 17.1. The van der Waals surface area contributed by atoms with E-state index in [1.54, 1.807) is 36.4 Å². The topological polar surface area (TPSA) is 112 Å². The maximum absolute atomic E-state index is 13.5. The summed E-state index contributed by atoms with van der Waals surface area (Å²) in [5, 5.41) is 19.7. The van der Waals surface area contributed by atoms with Crippen LogP contribution in [0.4, 0.5) is 0 Å². The first-order valence-corrected chi connectivity index (χ1v) is 17.9. The van der Waals surface area contributed by atoms with Crippen molar-refractivity contribution in [2.75, 3.05) is 25.6 Å². The van der Waals surface area contributed by atoms with Crippen molar-refractivity contribution >= 4 is 9.84 Å². The molecule has 8 nitrogen and oxygen atoms in total. The molecule has 3 fully saturated rings. The lowest BCUT2D eigenvalue weighted by Crippen LogP contribution is -2.38. The van der Waals surface area contributed by atoms with E-state index in [2.05, 4.69) is 26.7 Å². The Morgan fingerprint density at radius 1 is 1.04 bits per heavy atom. The third kappa shape index (κ3) is 9.70. The molecule has 3 saturated heterocycles. The molecule has 2 N–H and O–H groups in total. The fourth-order valence-corrected chi connectivity index (χ4v) is 8.67. The van der Waals surface area contributed by atoms with Crippen molar-refractivity contribution in [3.63, 3.8) is 0 Å². The van der Waals surface area contributed by atoms with Crippen molar-refractivity contribution in [1.29, 1.82) is 0 Å². The molecular weight excluding hydrogens is 592 g/mol. The molecule has 10 atom stereocenters. The van der Waals surface area contributed by atoms with Gasteiger partial charge in [0.15, 0.2) is 9.84 Å². The van der Waals surface area contributed by atoms with Crippen molar-refractivity contribution < 1.29 is 37.6 Å². The van der Waals surface area contributed by atoms with Crippen LogP contribution >= 0.6 is 0 Å². The van der Waals surface area contributed by atoms with Gasteiger partial charge in [0.2, 0.25) is 0 Å². The van der Waals surface area contributed by atoms with Gasteiger partial charge in [-0.3, -0.25) is 0 Å². The number of hydrogen-bond acceptors (Lipinski definition) is 8. The van der Waals surface area contributed by atoms with Gasteiger partial charge >= 0.3 is 0 Å². The molecule has 0 saturated carbocycles. The van der Waals surface area contributed by atoms with Crippen molar-refractivity contribution in [2.24, 2.45) is 17.8 Å². The van der Waals surface area contributed by atoms with Gasteiger partial charge in [-0.05, 0) is 54.4 Å². The van der Waals surface area contributed by atoms with Gasteiger partial charge in [-0.1, -0.05) is 63.4 Å². The number of aliphatic hydroxyl groups is 2. The zero-order chi connectivity index (χ0) is 32.6. The van der Waals surface area contributed by atoms with Gasteiger partial charge in [0, 0.05) is 25.2 Å². The van der Waals surface area contributed by atoms with E-state index < -0.39 is 22.0 Å². The van der Waals surface area contributed by atoms with Crippen LogP contribution in [0.5, 0.6) is 0 Å². The van der Waals surface area contributed by atoms with Crippen LogP contribution in [0.15, 0.2) is 84.3 Å². The number of benzene rings is 1. The average molecular weight is 645 g/mol. The van der Waals surface area contributed by atoms with Gasteiger partial charge < -0.3 is 29.2 Å². The number of hydrogen-bond donors (Lipinski definition) is 2. The van der Waals surface area contributed by atoms with Gasteiger partial charge in [-0.2, -0.15) is 0 Å². The van der Waals surface area contributed by atoms with Crippen LogP contribution in [-0.4, -0.2) is 86.9 Å². The molecule has 3 aliphatic rings. The Kier molecular flexibility index (Phi) is 13.2. The van der Waals surface area contributed by atoms with E-state index in [4.69, 9.17) is 18.9 Å². The van der Waals surface area contributed by atoms with E-state index in [-0.39, 0.29) is 71.9 Å². The van der Waals surface area contributed by atoms with Crippen molar-refractivity contribution in [1.82, 2.24) is 0 Å². The summed E-state index contributed by atoms with van der Waals surface area (Å²) in [6, 6.07) is 8.49. The molecule has 0 amide bonds. The van der Waals surface area contributed by atoms with Crippen LogP contribution in [0.25, 0.3) is 0 Å². The summed E-state index contributed by atoms with van der Waals surface area (Å²) in [4.78, 5) is 0.288. The number of aliphatic hydroxyl groups excluding tert-OH is 2. The normalized spacial score (nSPS) is 33.2. The highest BCUT2D eigenvalue weighted by atomic mass is 32.2. The molecule has 0 bridgehead atoms. The second-order valence-electron chi connectivity index (χ2n) is 13.0. The third-order valence-corrected chi connectivity index (χ3v) is 11.4. The van der Waals surface area contributed by atoms with E-state index in [0.717, 1.165) is 36.8 Å². The van der Waals surface area contributed by atoms with Gasteiger partial charge in [0.05, 0.1) is 73.2 Å². The fraction of sp³-hybridized carbons (Fsp3) is 0.611. The van der Waals surface area contributed by atoms with E-state index in [9.17, 15) is 18.6 Å². The average Bonchev–Trinajstić information content (AvgIpc) is 3.51. The Balaban J connectivity index is 1.40. The molecule has 250 valence electrons. The maximum Gasteiger partial charge on any atom is 0.178 e. The largest absolute Gasteiger partial charge is 0.394 e. The molecular formula is C36H52O8S. The highest BCUT2D eigenvalue weighted by Gasteiger charge is 2.46. The minimum absolute atomic E-state index is 0.00328. The lowest BCUT2D eigenvalue weighted by molar-refractivity contribution is -0.0759. The molecule has 3 aliphatic heterocycles. The van der Waals surface area contributed by atoms with Gasteiger partial charge in [-0.15, -0.1) is 6.58 Å². The van der Waals surface area contributed by atoms with Crippen molar-refractivity contribution in [3.8, 4) is 0 Å². The molecule has 0 aromatic heterocycles. The Morgan fingerprint density at radius 3 is 2.51 bits per heavy atom. The van der Waals surface area contributed by atoms with Crippen molar-refractivity contribution in [2.45, 2.75) is 100.0 Å². The van der Waals surface area contributed by atoms with Gasteiger partial charge in [0.1, 0.15) is 0 Å². The first-order chi connectivity index (χ1) is 21.5. The van der Waals surface area contributed by atoms with Crippen LogP contribution in [0, 0.1) is 17.8 Å². The summed E-state index contributed by atoms with van der Waals surface area (Å²) >= 11 is 0. The zero-order valence-corrected chi connectivity index (χ0v) is 27.7. The molecule has 0 aliphatic carbocycles. The molecule has 3 heterocycles. The standard InChI is InChI=1S/C36H52O8S/c1-6-16-41-17-10-11-29-19-25(3)33(42-29)15-14-30-18-24(2)26(4)35(43-30)21-36-32(27(5)34(44-36)20-28(38)22-37)23-45(39,40)31-12-8-7-9-13-31/h6-13,24,27-30,32-38H,1,3-4,14-23H2,2,5H3/b11-10+/t24-,27-,28+,29+,30+,32-,33?,34-,35-,36?/m1/s1. The smallest absolute Gasteiger partial charge is 0.178 e. The lowest BCUT2D eigenvalue weighted by atomic mass is 9.82. The number of ether oxygens (including phenoxy) is 4. The molecule has 1 aromatic rings. The monoisotopic (exact) mass is 644 g/mol. The molecule has 45 heavy (non-hydrogen) atoms. The van der Waals surface area contributed by atoms with Crippen LogP contribution in [-0.2, 0) is 28.8 Å². The summed E-state index contributed by atoms with van der Waals surface area (Å²) in [7, 11) is -3.57. The molecule has 1 aromatic carbocycles. The lowest BCUT2D eigenvalue weighted by Gasteiger charge is -2.38. The summed E-state index contributed by atoms with van der Waals surface area (Å²) < 4.78 is 51.7. The molecule has 9 heteroatoms. The summed E-state index contributed by atoms with van der Waals surface area (Å²) in [5.41, 5.74) is 2.09. The highest BCUT2D eigenvalue weighted by molar-refractivity contribution is 7.91. The minimum Gasteiger partial charge on any atom is -0.394 e. The van der Waals surface area contributed by atoms with Crippen LogP contribution in [0.1, 0.15) is 52.4 Å². The fourth-order valence-electron chi connectivity index (χ4n) is 6.88. The number of rotatable bonds is 16. The van der Waals surface area contributed by atoms with Crippen LogP contribution in [0.3, 0.4) is 0 Å². The molecule has 0 spiro atoms. The first kappa shape index (κ1) is 35.7. The molecule has 0 radical (unpaired) electrons. The Morgan fingerprint density at radius 2 is 1.80 bits per heavy atom. The highest BCUT2D eigenvalue weighted by Crippen LogP contribution is 2.42. The maximum atomic E-state index is 13.5. The van der Waals surface area contributed by atoms with E-state index in [1.165, 1.54) is 0 Å². The predicted molar refractivity (Wildman–Crippen MR) is 176 cm³/mol. The minimum atomic E-state index is -3.57. The van der Waals surface area contributed by atoms with E-state index in [1.807, 2.05) is 19.1 Å². The molecule has 2 unspecified atom stereocenters. The SMILES string of the molecule is C=CCOC/C=C/[C@H]1CC(=C)C(CC[C@H]2C[C@@H](C)C(=C)[C@@H](CC3O[C@H](C[C@H](O)CO)[C@H](C)[C@H]3CS(=O)(=O)c3ccccc3)O2)O1. The van der Waals surface area contributed by atoms with E-state index >= 15 is 0 Å². The second kappa shape index (κ2) is 16.6. The van der Waals surface area contributed by atoms with Crippen LogP contribution < -0.4 is 0 Å².